The van der Waals surface area contributed by atoms with Crippen molar-refractivity contribution in [3.63, 3.8) is 0 Å². The second kappa shape index (κ2) is 4.66. The number of hydrogen-bond acceptors (Lipinski definition) is 1. The third kappa shape index (κ3) is 2.16. The van der Waals surface area contributed by atoms with Crippen molar-refractivity contribution in [2.45, 2.75) is 38.0 Å². The highest BCUT2D eigenvalue weighted by atomic mass is 35.5. The first-order valence-corrected chi connectivity index (χ1v) is 6.76. The van der Waals surface area contributed by atoms with Crippen LogP contribution in [0.25, 0.3) is 10.9 Å². The summed E-state index contributed by atoms with van der Waals surface area (Å²) in [5, 5.41) is 1.86. The fourth-order valence-electron chi connectivity index (χ4n) is 2.82. The zero-order chi connectivity index (χ0) is 11.7. The molecule has 0 atom stereocenters. The minimum Gasteiger partial charge on any atom is -0.256 e. The van der Waals surface area contributed by atoms with Crippen LogP contribution in [0.15, 0.2) is 30.5 Å². The summed E-state index contributed by atoms with van der Waals surface area (Å²) in [6.07, 6.45) is 8.57. The molecule has 17 heavy (non-hydrogen) atoms. The molecule has 0 saturated heterocycles. The van der Waals surface area contributed by atoms with Gasteiger partial charge >= 0.3 is 0 Å². The first kappa shape index (κ1) is 11.0. The Hall–Kier alpha value is -1.08. The smallest absolute Gasteiger partial charge is 0.0719 e. The molecule has 0 N–H and O–H groups in total. The Labute approximate surface area is 107 Å². The molecule has 1 heterocycles. The van der Waals surface area contributed by atoms with Crippen LogP contribution in [0.5, 0.6) is 0 Å². The van der Waals surface area contributed by atoms with Crippen molar-refractivity contribution in [1.82, 2.24) is 4.98 Å². The maximum atomic E-state index is 6.16. The molecule has 0 spiro atoms. The van der Waals surface area contributed by atoms with E-state index in [0.29, 0.717) is 0 Å². The lowest BCUT2D eigenvalue weighted by atomic mass is 9.84. The van der Waals surface area contributed by atoms with Gasteiger partial charge in [0.05, 0.1) is 10.5 Å². The highest BCUT2D eigenvalue weighted by Gasteiger charge is 2.15. The number of rotatable bonds is 1. The number of halogens is 1. The van der Waals surface area contributed by atoms with E-state index in [1.54, 1.807) is 6.20 Å². The zero-order valence-electron chi connectivity index (χ0n) is 9.82. The minimum atomic E-state index is 0.730. The molecule has 1 aliphatic rings. The van der Waals surface area contributed by atoms with Gasteiger partial charge in [-0.1, -0.05) is 43.0 Å². The highest BCUT2D eigenvalue weighted by molar-refractivity contribution is 6.35. The quantitative estimate of drug-likeness (QED) is 0.694. The lowest BCUT2D eigenvalue weighted by Gasteiger charge is -2.22. The number of pyridine rings is 1. The van der Waals surface area contributed by atoms with Crippen molar-refractivity contribution in [2.75, 3.05) is 0 Å². The average molecular weight is 246 g/mol. The SMILES string of the molecule is Clc1ccnc2cc(C3CCCCC3)ccc12. The summed E-state index contributed by atoms with van der Waals surface area (Å²) >= 11 is 6.16. The van der Waals surface area contributed by atoms with Gasteiger partial charge < -0.3 is 0 Å². The van der Waals surface area contributed by atoms with Crippen LogP contribution in [-0.4, -0.2) is 4.98 Å². The molecule has 0 unspecified atom stereocenters. The molecule has 0 aliphatic heterocycles. The van der Waals surface area contributed by atoms with Crippen molar-refractivity contribution in [3.05, 3.63) is 41.0 Å². The summed E-state index contributed by atoms with van der Waals surface area (Å²) in [4.78, 5) is 4.41. The lowest BCUT2D eigenvalue weighted by Crippen LogP contribution is -2.04. The van der Waals surface area contributed by atoms with Gasteiger partial charge in [0, 0.05) is 11.6 Å². The van der Waals surface area contributed by atoms with Crippen molar-refractivity contribution in [1.29, 1.82) is 0 Å². The van der Waals surface area contributed by atoms with Crippen LogP contribution >= 0.6 is 11.6 Å². The van der Waals surface area contributed by atoms with Gasteiger partial charge in [0.2, 0.25) is 0 Å². The Bertz CT molecular complexity index is 529. The Kier molecular flexibility index (Phi) is 3.02. The van der Waals surface area contributed by atoms with Gasteiger partial charge in [0.1, 0.15) is 0 Å². The normalized spacial score (nSPS) is 17.5. The van der Waals surface area contributed by atoms with E-state index >= 15 is 0 Å². The van der Waals surface area contributed by atoms with Gasteiger partial charge in [-0.3, -0.25) is 4.98 Å². The van der Waals surface area contributed by atoms with E-state index in [2.05, 4.69) is 23.2 Å². The average Bonchev–Trinajstić information content (AvgIpc) is 2.40. The summed E-state index contributed by atoms with van der Waals surface area (Å²) < 4.78 is 0. The fourth-order valence-corrected chi connectivity index (χ4v) is 3.04. The molecule has 88 valence electrons. The van der Waals surface area contributed by atoms with Crippen molar-refractivity contribution >= 4 is 22.5 Å². The molecular weight excluding hydrogens is 230 g/mol. The topological polar surface area (TPSA) is 12.9 Å². The van der Waals surface area contributed by atoms with Crippen LogP contribution in [-0.2, 0) is 0 Å². The summed E-state index contributed by atoms with van der Waals surface area (Å²) in [5.41, 5.74) is 2.47. The summed E-state index contributed by atoms with van der Waals surface area (Å²) in [6, 6.07) is 8.42. The van der Waals surface area contributed by atoms with Gasteiger partial charge in [0.15, 0.2) is 0 Å². The standard InChI is InChI=1S/C15H16ClN/c16-14-8-9-17-15-10-12(6-7-13(14)15)11-4-2-1-3-5-11/h6-11H,1-5H2. The predicted octanol–water partition coefficient (Wildman–Crippen LogP) is 4.94. The Morgan fingerprint density at radius 2 is 1.88 bits per heavy atom. The van der Waals surface area contributed by atoms with E-state index in [0.717, 1.165) is 21.8 Å². The third-order valence-corrected chi connectivity index (χ3v) is 4.12. The van der Waals surface area contributed by atoms with Gasteiger partial charge in [-0.25, -0.2) is 0 Å². The van der Waals surface area contributed by atoms with Crippen LogP contribution < -0.4 is 0 Å². The molecule has 1 saturated carbocycles. The van der Waals surface area contributed by atoms with Gasteiger partial charge in [-0.2, -0.15) is 0 Å². The molecule has 3 rings (SSSR count). The van der Waals surface area contributed by atoms with E-state index in [1.807, 2.05) is 6.07 Å². The molecule has 0 amide bonds. The summed E-state index contributed by atoms with van der Waals surface area (Å²) in [7, 11) is 0. The van der Waals surface area contributed by atoms with Crippen LogP contribution in [0.1, 0.15) is 43.6 Å². The Morgan fingerprint density at radius 1 is 1.06 bits per heavy atom. The summed E-state index contributed by atoms with van der Waals surface area (Å²) in [5.74, 6) is 0.730. The van der Waals surface area contributed by atoms with E-state index in [-0.39, 0.29) is 0 Å². The molecular formula is C15H16ClN. The molecule has 0 radical (unpaired) electrons. The molecule has 2 heteroatoms. The van der Waals surface area contributed by atoms with Crippen LogP contribution in [0.2, 0.25) is 5.02 Å². The van der Waals surface area contributed by atoms with Crippen molar-refractivity contribution < 1.29 is 0 Å². The molecule has 1 aromatic heterocycles. The van der Waals surface area contributed by atoms with Crippen molar-refractivity contribution in [2.24, 2.45) is 0 Å². The maximum absolute atomic E-state index is 6.16. The Morgan fingerprint density at radius 3 is 2.71 bits per heavy atom. The fraction of sp³-hybridized carbons (Fsp3) is 0.400. The van der Waals surface area contributed by atoms with E-state index in [9.17, 15) is 0 Å². The van der Waals surface area contributed by atoms with Crippen molar-refractivity contribution in [3.8, 4) is 0 Å². The number of benzene rings is 1. The summed E-state index contributed by atoms with van der Waals surface area (Å²) in [6.45, 7) is 0. The zero-order valence-corrected chi connectivity index (χ0v) is 10.6. The molecule has 1 fully saturated rings. The molecule has 1 nitrogen and oxygen atoms in total. The van der Waals surface area contributed by atoms with Crippen LogP contribution in [0, 0.1) is 0 Å². The van der Waals surface area contributed by atoms with E-state index < -0.39 is 0 Å². The number of nitrogens with zero attached hydrogens (tertiary/aromatic N) is 1. The van der Waals surface area contributed by atoms with Gasteiger partial charge in [-0.15, -0.1) is 0 Å². The van der Waals surface area contributed by atoms with Gasteiger partial charge in [-0.05, 0) is 36.5 Å². The van der Waals surface area contributed by atoms with Crippen LogP contribution in [0.4, 0.5) is 0 Å². The third-order valence-electron chi connectivity index (χ3n) is 3.79. The number of hydrogen-bond donors (Lipinski definition) is 0. The second-order valence-electron chi connectivity index (χ2n) is 4.90. The maximum Gasteiger partial charge on any atom is 0.0719 e. The van der Waals surface area contributed by atoms with E-state index in [1.165, 1.54) is 37.7 Å². The largest absolute Gasteiger partial charge is 0.256 e. The Balaban J connectivity index is 2.01. The first-order valence-electron chi connectivity index (χ1n) is 6.39. The minimum absolute atomic E-state index is 0.730. The second-order valence-corrected chi connectivity index (χ2v) is 5.31. The molecule has 0 bridgehead atoms. The van der Waals surface area contributed by atoms with E-state index in [4.69, 9.17) is 11.6 Å². The molecule has 2 aromatic rings. The first-order chi connectivity index (χ1) is 8.34. The number of aromatic nitrogens is 1. The van der Waals surface area contributed by atoms with Gasteiger partial charge in [0.25, 0.3) is 0 Å². The van der Waals surface area contributed by atoms with Crippen LogP contribution in [0.3, 0.4) is 0 Å². The predicted molar refractivity (Wildman–Crippen MR) is 72.6 cm³/mol. The lowest BCUT2D eigenvalue weighted by molar-refractivity contribution is 0.444. The molecule has 1 aromatic carbocycles. The monoisotopic (exact) mass is 245 g/mol. The number of fused-ring (bicyclic) bond motifs is 1. The highest BCUT2D eigenvalue weighted by Crippen LogP contribution is 2.34. The molecule has 1 aliphatic carbocycles.